The van der Waals surface area contributed by atoms with Crippen LogP contribution in [-0.4, -0.2) is 49.3 Å². The molecule has 1 heterocycles. The molecule has 0 bridgehead atoms. The minimum absolute atomic E-state index is 0.0647. The summed E-state index contributed by atoms with van der Waals surface area (Å²) >= 11 is 6.11. The first-order chi connectivity index (χ1) is 12.9. The second-order valence-electron chi connectivity index (χ2n) is 7.60. The van der Waals surface area contributed by atoms with Gasteiger partial charge in [0.05, 0.1) is 4.90 Å². The standard InChI is InChI=1S/C21H25ClN2O2S/c1-16-7-8-18(22)14-21(16)27(25,26)24-12-11-23(19-9-10-19)15-20(24)13-17-5-3-2-4-6-17/h2-8,14,19-20H,9-13,15H2,1H3. The lowest BCUT2D eigenvalue weighted by Gasteiger charge is -2.41. The van der Waals surface area contributed by atoms with Crippen LogP contribution in [-0.2, 0) is 16.4 Å². The molecule has 2 aromatic carbocycles. The summed E-state index contributed by atoms with van der Waals surface area (Å²) < 4.78 is 28.7. The fourth-order valence-corrected chi connectivity index (χ4v) is 6.08. The lowest BCUT2D eigenvalue weighted by Crippen LogP contribution is -2.56. The van der Waals surface area contributed by atoms with Crippen molar-refractivity contribution < 1.29 is 8.42 Å². The number of piperazine rings is 1. The van der Waals surface area contributed by atoms with Gasteiger partial charge in [-0.1, -0.05) is 48.0 Å². The van der Waals surface area contributed by atoms with E-state index in [1.54, 1.807) is 22.5 Å². The molecule has 0 radical (unpaired) electrons. The average molecular weight is 405 g/mol. The molecule has 2 fully saturated rings. The van der Waals surface area contributed by atoms with E-state index in [4.69, 9.17) is 11.6 Å². The molecule has 1 saturated carbocycles. The van der Waals surface area contributed by atoms with Gasteiger partial charge in [0.1, 0.15) is 0 Å². The molecule has 2 aliphatic rings. The summed E-state index contributed by atoms with van der Waals surface area (Å²) in [6.45, 7) is 3.95. The molecule has 1 atom stereocenters. The van der Waals surface area contributed by atoms with E-state index in [0.29, 0.717) is 22.5 Å². The molecule has 0 aromatic heterocycles. The SMILES string of the molecule is Cc1ccc(Cl)cc1S(=O)(=O)N1CCN(C2CC2)CC1Cc1ccccc1. The summed E-state index contributed by atoms with van der Waals surface area (Å²) in [4.78, 5) is 2.79. The Balaban J connectivity index is 1.66. The maximum atomic E-state index is 13.5. The summed E-state index contributed by atoms with van der Waals surface area (Å²) in [6.07, 6.45) is 3.19. The number of nitrogens with zero attached hydrogens (tertiary/aromatic N) is 2. The van der Waals surface area contributed by atoms with Gasteiger partial charge in [-0.2, -0.15) is 4.31 Å². The summed E-state index contributed by atoms with van der Waals surface area (Å²) in [5.74, 6) is 0. The Labute approximate surface area is 166 Å². The van der Waals surface area contributed by atoms with E-state index in [9.17, 15) is 8.42 Å². The van der Waals surface area contributed by atoms with Crippen molar-refractivity contribution in [3.05, 3.63) is 64.7 Å². The Hall–Kier alpha value is -1.40. The molecule has 4 rings (SSSR count). The summed E-state index contributed by atoms with van der Waals surface area (Å²) in [5.41, 5.74) is 1.91. The monoisotopic (exact) mass is 404 g/mol. The van der Waals surface area contributed by atoms with Gasteiger partial charge >= 0.3 is 0 Å². The molecule has 1 saturated heterocycles. The van der Waals surface area contributed by atoms with Gasteiger partial charge in [0.25, 0.3) is 0 Å². The maximum absolute atomic E-state index is 13.5. The normalized spacial score (nSPS) is 22.1. The lowest BCUT2D eigenvalue weighted by atomic mass is 10.0. The predicted molar refractivity (Wildman–Crippen MR) is 109 cm³/mol. The van der Waals surface area contributed by atoms with Crippen LogP contribution in [0.2, 0.25) is 5.02 Å². The smallest absolute Gasteiger partial charge is 0.243 e. The molecule has 27 heavy (non-hydrogen) atoms. The minimum Gasteiger partial charge on any atom is -0.297 e. The molecule has 6 heteroatoms. The fourth-order valence-electron chi connectivity index (χ4n) is 3.98. The number of aryl methyl sites for hydroxylation is 1. The van der Waals surface area contributed by atoms with Crippen molar-refractivity contribution in [1.29, 1.82) is 0 Å². The van der Waals surface area contributed by atoms with Crippen LogP contribution in [0, 0.1) is 6.92 Å². The lowest BCUT2D eigenvalue weighted by molar-refractivity contribution is 0.128. The highest BCUT2D eigenvalue weighted by molar-refractivity contribution is 7.89. The number of benzene rings is 2. The Bertz CT molecular complexity index is 913. The minimum atomic E-state index is -3.59. The second kappa shape index (κ2) is 7.55. The number of hydrogen-bond acceptors (Lipinski definition) is 3. The fraction of sp³-hybridized carbons (Fsp3) is 0.429. The van der Waals surface area contributed by atoms with Gasteiger partial charge in [-0.3, -0.25) is 4.90 Å². The van der Waals surface area contributed by atoms with Gasteiger partial charge in [-0.15, -0.1) is 0 Å². The van der Waals surface area contributed by atoms with Crippen molar-refractivity contribution >= 4 is 21.6 Å². The van der Waals surface area contributed by atoms with Crippen LogP contribution in [0.3, 0.4) is 0 Å². The highest BCUT2D eigenvalue weighted by Crippen LogP contribution is 2.32. The molecule has 1 unspecified atom stereocenters. The second-order valence-corrected chi connectivity index (χ2v) is 9.89. The van der Waals surface area contributed by atoms with Crippen molar-refractivity contribution in [3.63, 3.8) is 0 Å². The molecular formula is C21H25ClN2O2S. The highest BCUT2D eigenvalue weighted by Gasteiger charge is 2.40. The number of halogens is 1. The van der Waals surface area contributed by atoms with Gasteiger partial charge in [0.2, 0.25) is 10.0 Å². The van der Waals surface area contributed by atoms with E-state index in [2.05, 4.69) is 17.0 Å². The van der Waals surface area contributed by atoms with Gasteiger partial charge in [-0.25, -0.2) is 8.42 Å². The van der Waals surface area contributed by atoms with E-state index in [1.807, 2.05) is 25.1 Å². The molecule has 0 amide bonds. The van der Waals surface area contributed by atoms with Gasteiger partial charge in [0.15, 0.2) is 0 Å². The van der Waals surface area contributed by atoms with Crippen LogP contribution < -0.4 is 0 Å². The molecule has 1 aliphatic carbocycles. The third kappa shape index (κ3) is 4.06. The summed E-state index contributed by atoms with van der Waals surface area (Å²) in [6, 6.07) is 15.8. The van der Waals surface area contributed by atoms with E-state index in [-0.39, 0.29) is 6.04 Å². The van der Waals surface area contributed by atoms with Crippen LogP contribution in [0.4, 0.5) is 0 Å². The first kappa shape index (κ1) is 18.9. The number of rotatable bonds is 5. The Morgan fingerprint density at radius 2 is 1.81 bits per heavy atom. The van der Waals surface area contributed by atoms with Gasteiger partial charge in [-0.05, 0) is 49.4 Å². The van der Waals surface area contributed by atoms with Crippen molar-refractivity contribution in [1.82, 2.24) is 9.21 Å². The molecule has 144 valence electrons. The summed E-state index contributed by atoms with van der Waals surface area (Å²) in [5, 5.41) is 0.454. The topological polar surface area (TPSA) is 40.6 Å². The predicted octanol–water partition coefficient (Wildman–Crippen LogP) is 3.73. The van der Waals surface area contributed by atoms with Gasteiger partial charge in [0, 0.05) is 36.7 Å². The van der Waals surface area contributed by atoms with E-state index in [0.717, 1.165) is 25.1 Å². The number of sulfonamides is 1. The van der Waals surface area contributed by atoms with E-state index >= 15 is 0 Å². The molecule has 0 N–H and O–H groups in total. The maximum Gasteiger partial charge on any atom is 0.243 e. The third-order valence-electron chi connectivity index (χ3n) is 5.57. The van der Waals surface area contributed by atoms with Crippen LogP contribution in [0.25, 0.3) is 0 Å². The average Bonchev–Trinajstić information content (AvgIpc) is 3.49. The zero-order valence-corrected chi connectivity index (χ0v) is 17.1. The third-order valence-corrected chi connectivity index (χ3v) is 7.90. The van der Waals surface area contributed by atoms with E-state index < -0.39 is 10.0 Å². The van der Waals surface area contributed by atoms with Crippen LogP contribution in [0.15, 0.2) is 53.4 Å². The zero-order valence-electron chi connectivity index (χ0n) is 15.5. The zero-order chi connectivity index (χ0) is 19.0. The molecular weight excluding hydrogens is 380 g/mol. The highest BCUT2D eigenvalue weighted by atomic mass is 35.5. The Morgan fingerprint density at radius 1 is 1.07 bits per heavy atom. The van der Waals surface area contributed by atoms with E-state index in [1.165, 1.54) is 18.4 Å². The van der Waals surface area contributed by atoms with Crippen molar-refractivity contribution in [2.75, 3.05) is 19.6 Å². The van der Waals surface area contributed by atoms with Gasteiger partial charge < -0.3 is 0 Å². The van der Waals surface area contributed by atoms with Crippen molar-refractivity contribution in [3.8, 4) is 0 Å². The quantitative estimate of drug-likeness (QED) is 0.762. The van der Waals surface area contributed by atoms with Crippen LogP contribution in [0.5, 0.6) is 0 Å². The molecule has 2 aromatic rings. The van der Waals surface area contributed by atoms with Crippen LogP contribution in [0.1, 0.15) is 24.0 Å². The Morgan fingerprint density at radius 3 is 2.52 bits per heavy atom. The largest absolute Gasteiger partial charge is 0.297 e. The molecule has 1 aliphatic heterocycles. The molecule has 4 nitrogen and oxygen atoms in total. The molecule has 0 spiro atoms. The van der Waals surface area contributed by atoms with Crippen LogP contribution >= 0.6 is 11.6 Å². The Kier molecular flexibility index (Phi) is 5.30. The summed E-state index contributed by atoms with van der Waals surface area (Å²) in [7, 11) is -3.59. The van der Waals surface area contributed by atoms with Crippen molar-refractivity contribution in [2.45, 2.75) is 43.2 Å². The first-order valence-corrected chi connectivity index (χ1v) is 11.3. The first-order valence-electron chi connectivity index (χ1n) is 9.51. The number of hydrogen-bond donors (Lipinski definition) is 0. The van der Waals surface area contributed by atoms with Crippen molar-refractivity contribution in [2.24, 2.45) is 0 Å².